The molecule has 23 heavy (non-hydrogen) atoms. The Morgan fingerprint density at radius 3 is 2.35 bits per heavy atom. The van der Waals surface area contributed by atoms with Crippen LogP contribution in [0.3, 0.4) is 0 Å². The van der Waals surface area contributed by atoms with Crippen LogP contribution in [0.5, 0.6) is 0 Å². The number of fused-ring (bicyclic) bond motifs is 1. The molecule has 0 unspecified atom stereocenters. The summed E-state index contributed by atoms with van der Waals surface area (Å²) in [5.74, 6) is 0. The van der Waals surface area contributed by atoms with E-state index in [4.69, 9.17) is 11.6 Å². The third kappa shape index (κ3) is 2.67. The Hall–Kier alpha value is -2.78. The molecule has 0 aliphatic heterocycles. The highest BCUT2D eigenvalue weighted by Crippen LogP contribution is 2.29. The molecule has 0 saturated carbocycles. The summed E-state index contributed by atoms with van der Waals surface area (Å²) in [6.45, 7) is 0. The molecule has 0 N–H and O–H groups in total. The zero-order valence-corrected chi connectivity index (χ0v) is 12.9. The summed E-state index contributed by atoms with van der Waals surface area (Å²) in [4.78, 5) is 12.9. The van der Waals surface area contributed by atoms with E-state index in [-0.39, 0.29) is 5.28 Å². The molecule has 0 fully saturated rings. The number of halogens is 1. The minimum absolute atomic E-state index is 0.205. The van der Waals surface area contributed by atoms with Crippen LogP contribution in [0.2, 0.25) is 5.28 Å². The molecule has 2 aromatic heterocycles. The maximum absolute atomic E-state index is 6.07. The highest BCUT2D eigenvalue weighted by molar-refractivity contribution is 6.28. The zero-order valence-electron chi connectivity index (χ0n) is 12.1. The van der Waals surface area contributed by atoms with Gasteiger partial charge in [-0.05, 0) is 40.9 Å². The first-order valence-electron chi connectivity index (χ1n) is 7.25. The molecule has 0 aliphatic rings. The summed E-state index contributed by atoms with van der Waals surface area (Å²) in [5.41, 5.74) is 4.69. The van der Waals surface area contributed by atoms with Crippen molar-refractivity contribution < 1.29 is 0 Å². The summed E-state index contributed by atoms with van der Waals surface area (Å²) in [5, 5.41) is 1.10. The van der Waals surface area contributed by atoms with Gasteiger partial charge in [0.25, 0.3) is 0 Å². The van der Waals surface area contributed by atoms with Gasteiger partial charge in [-0.2, -0.15) is 4.98 Å². The fraction of sp³-hybridized carbons (Fsp3) is 0. The van der Waals surface area contributed by atoms with Crippen molar-refractivity contribution in [3.63, 3.8) is 0 Å². The number of rotatable bonds is 2. The van der Waals surface area contributed by atoms with Crippen molar-refractivity contribution in [1.82, 2.24) is 15.0 Å². The van der Waals surface area contributed by atoms with Gasteiger partial charge in [0.05, 0.1) is 5.69 Å². The molecule has 0 atom stereocenters. The van der Waals surface area contributed by atoms with Crippen molar-refractivity contribution in [2.24, 2.45) is 0 Å². The molecular weight excluding hydrogens is 306 g/mol. The van der Waals surface area contributed by atoms with Crippen molar-refractivity contribution in [3.05, 3.63) is 78.2 Å². The highest BCUT2D eigenvalue weighted by atomic mass is 35.5. The van der Waals surface area contributed by atoms with E-state index in [2.05, 4.69) is 39.2 Å². The number of pyridine rings is 1. The van der Waals surface area contributed by atoms with E-state index in [9.17, 15) is 0 Å². The topological polar surface area (TPSA) is 38.7 Å². The van der Waals surface area contributed by atoms with E-state index in [1.165, 1.54) is 0 Å². The second kappa shape index (κ2) is 5.78. The molecule has 0 radical (unpaired) electrons. The normalized spacial score (nSPS) is 10.8. The molecule has 2 heterocycles. The number of benzene rings is 2. The average Bonchev–Trinajstić information content (AvgIpc) is 2.62. The lowest BCUT2D eigenvalue weighted by molar-refractivity contribution is 1.18. The first-order valence-corrected chi connectivity index (χ1v) is 7.63. The number of aromatic nitrogens is 3. The van der Waals surface area contributed by atoms with E-state index < -0.39 is 0 Å². The average molecular weight is 318 g/mol. The maximum atomic E-state index is 6.07. The second-order valence-corrected chi connectivity index (χ2v) is 5.50. The lowest BCUT2D eigenvalue weighted by Gasteiger charge is -2.08. The van der Waals surface area contributed by atoms with Gasteiger partial charge in [0, 0.05) is 17.1 Å². The van der Waals surface area contributed by atoms with Gasteiger partial charge >= 0.3 is 0 Å². The van der Waals surface area contributed by atoms with Crippen LogP contribution in [-0.2, 0) is 0 Å². The molecule has 0 bridgehead atoms. The quantitative estimate of drug-likeness (QED) is 0.488. The van der Waals surface area contributed by atoms with Crippen LogP contribution in [-0.4, -0.2) is 15.0 Å². The summed E-state index contributed by atoms with van der Waals surface area (Å²) >= 11 is 6.07. The molecular formula is C19H12ClN3. The molecule has 3 nitrogen and oxygen atoms in total. The second-order valence-electron chi connectivity index (χ2n) is 5.16. The van der Waals surface area contributed by atoms with Gasteiger partial charge < -0.3 is 0 Å². The van der Waals surface area contributed by atoms with Crippen molar-refractivity contribution in [2.75, 3.05) is 0 Å². The van der Waals surface area contributed by atoms with Crippen LogP contribution in [0.1, 0.15) is 0 Å². The molecule has 0 spiro atoms. The monoisotopic (exact) mass is 317 g/mol. The summed E-state index contributed by atoms with van der Waals surface area (Å²) in [6.07, 6.45) is 1.70. The fourth-order valence-electron chi connectivity index (χ4n) is 2.63. The molecule has 2 aromatic carbocycles. The smallest absolute Gasteiger partial charge is 0.225 e. The highest BCUT2D eigenvalue weighted by Gasteiger charge is 2.10. The Kier molecular flexibility index (Phi) is 3.48. The van der Waals surface area contributed by atoms with E-state index in [0.29, 0.717) is 5.65 Å². The van der Waals surface area contributed by atoms with Gasteiger partial charge in [-0.15, -0.1) is 0 Å². The Labute approximate surface area is 138 Å². The number of nitrogens with zero attached hydrogens (tertiary/aromatic N) is 3. The van der Waals surface area contributed by atoms with Gasteiger partial charge in [0.15, 0.2) is 5.65 Å². The fourth-order valence-corrected chi connectivity index (χ4v) is 2.80. The largest absolute Gasteiger partial charge is 0.236 e. The number of hydrogen-bond acceptors (Lipinski definition) is 3. The van der Waals surface area contributed by atoms with Gasteiger partial charge in [-0.25, -0.2) is 9.97 Å². The summed E-state index contributed by atoms with van der Waals surface area (Å²) < 4.78 is 0. The molecule has 110 valence electrons. The van der Waals surface area contributed by atoms with Crippen LogP contribution >= 0.6 is 11.6 Å². The van der Waals surface area contributed by atoms with Crippen LogP contribution in [0.25, 0.3) is 33.4 Å². The van der Waals surface area contributed by atoms with Crippen LogP contribution in [0.15, 0.2) is 72.9 Å². The summed E-state index contributed by atoms with van der Waals surface area (Å²) in [7, 11) is 0. The Balaban J connectivity index is 1.92. The van der Waals surface area contributed by atoms with Gasteiger partial charge in [-0.1, -0.05) is 48.5 Å². The first-order chi connectivity index (χ1) is 11.3. The van der Waals surface area contributed by atoms with Crippen molar-refractivity contribution in [1.29, 1.82) is 0 Å². The molecule has 4 rings (SSSR count). The summed E-state index contributed by atoms with van der Waals surface area (Å²) in [6, 6.07) is 22.3. The number of hydrogen-bond donors (Lipinski definition) is 0. The van der Waals surface area contributed by atoms with E-state index >= 15 is 0 Å². The van der Waals surface area contributed by atoms with Crippen LogP contribution in [0, 0.1) is 0 Å². The van der Waals surface area contributed by atoms with Gasteiger partial charge in [0.1, 0.15) is 0 Å². The van der Waals surface area contributed by atoms with Gasteiger partial charge in [0.2, 0.25) is 5.28 Å². The van der Waals surface area contributed by atoms with Crippen LogP contribution < -0.4 is 0 Å². The first kappa shape index (κ1) is 13.9. The third-order valence-corrected chi connectivity index (χ3v) is 3.86. The Morgan fingerprint density at radius 2 is 1.48 bits per heavy atom. The molecule has 0 aliphatic carbocycles. The lowest BCUT2D eigenvalue weighted by Crippen LogP contribution is -1.93. The minimum Gasteiger partial charge on any atom is -0.236 e. The predicted molar refractivity (Wildman–Crippen MR) is 93.2 cm³/mol. The Bertz CT molecular complexity index is 984. The molecule has 0 amide bonds. The third-order valence-electron chi connectivity index (χ3n) is 3.69. The van der Waals surface area contributed by atoms with E-state index in [0.717, 1.165) is 27.8 Å². The van der Waals surface area contributed by atoms with Crippen molar-refractivity contribution in [3.8, 4) is 22.4 Å². The molecule has 0 saturated heterocycles. The SMILES string of the molecule is Clc1nc(-c2cccc(-c3ccccc3)c2)c2cccnc2n1. The maximum Gasteiger partial charge on any atom is 0.225 e. The molecule has 4 heteroatoms. The van der Waals surface area contributed by atoms with Crippen LogP contribution in [0.4, 0.5) is 0 Å². The van der Waals surface area contributed by atoms with Crippen molar-refractivity contribution >= 4 is 22.6 Å². The van der Waals surface area contributed by atoms with Crippen molar-refractivity contribution in [2.45, 2.75) is 0 Å². The minimum atomic E-state index is 0.205. The van der Waals surface area contributed by atoms with E-state index in [1.54, 1.807) is 6.20 Å². The molecule has 4 aromatic rings. The standard InChI is InChI=1S/C19H12ClN3/c20-19-22-17(16-10-5-11-21-18(16)23-19)15-9-4-8-14(12-15)13-6-2-1-3-7-13/h1-12H. The van der Waals surface area contributed by atoms with Gasteiger partial charge in [-0.3, -0.25) is 0 Å². The Morgan fingerprint density at radius 1 is 0.696 bits per heavy atom. The predicted octanol–water partition coefficient (Wildman–Crippen LogP) is 5.01. The van der Waals surface area contributed by atoms with E-state index in [1.807, 2.05) is 42.5 Å². The zero-order chi connectivity index (χ0) is 15.6. The lowest BCUT2D eigenvalue weighted by atomic mass is 10.0.